The van der Waals surface area contributed by atoms with Crippen molar-refractivity contribution in [1.29, 1.82) is 0 Å². The summed E-state index contributed by atoms with van der Waals surface area (Å²) < 4.78 is 10.2. The zero-order chi connectivity index (χ0) is 24.3. The molecule has 0 radical (unpaired) electrons. The van der Waals surface area contributed by atoms with Crippen LogP contribution in [0.15, 0.2) is 0 Å². The van der Waals surface area contributed by atoms with Crippen LogP contribution in [0, 0.1) is 17.8 Å². The summed E-state index contributed by atoms with van der Waals surface area (Å²) in [6.07, 6.45) is 2.99. The predicted octanol–water partition coefficient (Wildman–Crippen LogP) is 0.498. The maximum Gasteiger partial charge on any atom is 0.310 e. The van der Waals surface area contributed by atoms with Gasteiger partial charge in [-0.05, 0) is 38.5 Å². The first-order valence-corrected chi connectivity index (χ1v) is 13.7. The number of carbonyl (C=O) groups is 3. The molecule has 4 rings (SSSR count). The molecular weight excluding hydrogens is 458 g/mol. The van der Waals surface area contributed by atoms with E-state index < -0.39 is 22.6 Å². The lowest BCUT2D eigenvalue weighted by atomic mass is 9.66. The maximum atomic E-state index is 13.8. The number of fused-ring (bicyclic) bond motifs is 1. The number of carbonyl (C=O) groups excluding carboxylic acids is 3. The van der Waals surface area contributed by atoms with Crippen LogP contribution in [0.5, 0.6) is 0 Å². The average molecular weight is 498 g/mol. The molecule has 1 spiro atoms. The fourth-order valence-electron chi connectivity index (χ4n) is 6.40. The molecular formula is C24H39N3O6S. The molecule has 2 N–H and O–H groups in total. The van der Waals surface area contributed by atoms with Crippen molar-refractivity contribution >= 4 is 29.5 Å². The zero-order valence-corrected chi connectivity index (χ0v) is 21.2. The summed E-state index contributed by atoms with van der Waals surface area (Å²) in [7, 11) is 0. The summed E-state index contributed by atoms with van der Waals surface area (Å²) in [5.74, 6) is -1.36. The molecule has 4 saturated heterocycles. The number of thioether (sulfide) groups is 1. The first-order chi connectivity index (χ1) is 16.5. The molecule has 6 atom stereocenters. The Labute approximate surface area is 206 Å². The van der Waals surface area contributed by atoms with Gasteiger partial charge in [0, 0.05) is 44.6 Å². The molecule has 10 heteroatoms. The lowest BCUT2D eigenvalue weighted by Crippen LogP contribution is -2.57. The summed E-state index contributed by atoms with van der Waals surface area (Å²) in [6, 6.07) is -0.590. The molecule has 4 fully saturated rings. The van der Waals surface area contributed by atoms with Crippen LogP contribution in [-0.4, -0.2) is 108 Å². The molecule has 0 aliphatic carbocycles. The van der Waals surface area contributed by atoms with E-state index in [1.54, 1.807) is 23.6 Å². The van der Waals surface area contributed by atoms with Gasteiger partial charge in [-0.15, -0.1) is 11.8 Å². The first kappa shape index (κ1) is 25.7. The number of amides is 2. The Hall–Kier alpha value is -1.36. The van der Waals surface area contributed by atoms with E-state index in [2.05, 4.69) is 17.1 Å². The molecule has 34 heavy (non-hydrogen) atoms. The van der Waals surface area contributed by atoms with E-state index >= 15 is 0 Å². The third-order valence-corrected chi connectivity index (χ3v) is 10.0. The Morgan fingerprint density at radius 2 is 2.00 bits per heavy atom. The monoisotopic (exact) mass is 497 g/mol. The fourth-order valence-corrected chi connectivity index (χ4v) is 8.81. The molecule has 2 bridgehead atoms. The Bertz CT molecular complexity index is 763. The Balaban J connectivity index is 1.53. The van der Waals surface area contributed by atoms with E-state index in [0.29, 0.717) is 32.7 Å². The van der Waals surface area contributed by atoms with Crippen molar-refractivity contribution in [2.24, 2.45) is 17.8 Å². The highest BCUT2D eigenvalue weighted by Crippen LogP contribution is 2.68. The molecule has 4 aliphatic heterocycles. The largest absolute Gasteiger partial charge is 0.466 e. The SMILES string of the molecule is CCOC(=O)[C@@H]1[C@@H]2CC(C)C3(S2)C(C(=O)NCCN2CCOCC2)N(CCCCCO)C(=O)[C@H]13. The standard InChI is InChI=1S/C24H39N3O6S/c1-3-33-23(31)18-17-15-16(2)24(34-17)19(18)22(30)27(8-5-4-6-12-28)20(24)21(29)25-7-9-26-10-13-32-14-11-26/h16-20,28H,3-15H2,1-2H3,(H,25,29)/t16?,17-,18+,19-,20?,24?/m0/s1. The number of unbranched alkanes of at least 4 members (excludes halogenated alkanes) is 2. The second-order valence-electron chi connectivity index (χ2n) is 9.87. The molecule has 0 aromatic rings. The predicted molar refractivity (Wildman–Crippen MR) is 128 cm³/mol. The zero-order valence-electron chi connectivity index (χ0n) is 20.4. The summed E-state index contributed by atoms with van der Waals surface area (Å²) in [6.45, 7) is 9.18. The third-order valence-electron chi connectivity index (χ3n) is 7.94. The minimum Gasteiger partial charge on any atom is -0.466 e. The van der Waals surface area contributed by atoms with Crippen LogP contribution in [0.3, 0.4) is 0 Å². The second kappa shape index (κ2) is 11.1. The van der Waals surface area contributed by atoms with E-state index in [1.807, 2.05) is 0 Å². The van der Waals surface area contributed by atoms with E-state index in [4.69, 9.17) is 14.6 Å². The van der Waals surface area contributed by atoms with Crippen LogP contribution in [0.1, 0.15) is 39.5 Å². The molecule has 0 aromatic carbocycles. The molecule has 4 heterocycles. The summed E-state index contributed by atoms with van der Waals surface area (Å²) in [5.41, 5.74) is 0. The van der Waals surface area contributed by atoms with E-state index in [1.165, 1.54) is 0 Å². The van der Waals surface area contributed by atoms with Gasteiger partial charge in [0.25, 0.3) is 0 Å². The van der Waals surface area contributed by atoms with Gasteiger partial charge in [-0.2, -0.15) is 0 Å². The molecule has 0 aromatic heterocycles. The van der Waals surface area contributed by atoms with E-state index in [0.717, 1.165) is 38.9 Å². The van der Waals surface area contributed by atoms with Crippen molar-refractivity contribution in [3.05, 3.63) is 0 Å². The lowest BCUT2D eigenvalue weighted by Gasteiger charge is -2.38. The molecule has 9 nitrogen and oxygen atoms in total. The van der Waals surface area contributed by atoms with Gasteiger partial charge in [-0.25, -0.2) is 0 Å². The van der Waals surface area contributed by atoms with Crippen LogP contribution in [0.2, 0.25) is 0 Å². The molecule has 2 amide bonds. The lowest BCUT2D eigenvalue weighted by molar-refractivity contribution is -0.154. The van der Waals surface area contributed by atoms with Crippen molar-refractivity contribution in [2.75, 3.05) is 59.2 Å². The van der Waals surface area contributed by atoms with Gasteiger partial charge in [0.05, 0.1) is 36.4 Å². The van der Waals surface area contributed by atoms with Crippen LogP contribution in [-0.2, 0) is 23.9 Å². The number of aliphatic hydroxyl groups excluding tert-OH is 1. The minimum absolute atomic E-state index is 0.0168. The summed E-state index contributed by atoms with van der Waals surface area (Å²) in [5, 5.41) is 12.3. The second-order valence-corrected chi connectivity index (χ2v) is 11.4. The number of rotatable bonds is 11. The smallest absolute Gasteiger partial charge is 0.310 e. The first-order valence-electron chi connectivity index (χ1n) is 12.8. The molecule has 4 aliphatic rings. The van der Waals surface area contributed by atoms with Gasteiger partial charge in [0.1, 0.15) is 6.04 Å². The number of aliphatic hydroxyl groups is 1. The van der Waals surface area contributed by atoms with Crippen LogP contribution < -0.4 is 5.32 Å². The summed E-state index contributed by atoms with van der Waals surface area (Å²) in [4.78, 5) is 44.4. The van der Waals surface area contributed by atoms with Crippen LogP contribution in [0.4, 0.5) is 0 Å². The van der Waals surface area contributed by atoms with E-state index in [-0.39, 0.29) is 42.2 Å². The minimum atomic E-state index is -0.598. The van der Waals surface area contributed by atoms with Crippen LogP contribution >= 0.6 is 11.8 Å². The number of morpholine rings is 1. The van der Waals surface area contributed by atoms with Gasteiger partial charge in [0.15, 0.2) is 0 Å². The highest BCUT2D eigenvalue weighted by Gasteiger charge is 2.76. The number of hydrogen-bond acceptors (Lipinski definition) is 8. The van der Waals surface area contributed by atoms with Crippen molar-refractivity contribution in [3.8, 4) is 0 Å². The van der Waals surface area contributed by atoms with Gasteiger partial charge >= 0.3 is 5.97 Å². The quantitative estimate of drug-likeness (QED) is 0.314. The third kappa shape index (κ3) is 4.58. The van der Waals surface area contributed by atoms with Crippen molar-refractivity contribution in [2.45, 2.75) is 55.6 Å². The Morgan fingerprint density at radius 1 is 1.24 bits per heavy atom. The van der Waals surface area contributed by atoms with E-state index in [9.17, 15) is 14.4 Å². The van der Waals surface area contributed by atoms with Crippen molar-refractivity contribution < 1.29 is 29.0 Å². The number of likely N-dealkylation sites (tertiary alicyclic amines) is 1. The Morgan fingerprint density at radius 3 is 2.71 bits per heavy atom. The normalized spacial score (nSPS) is 35.0. The highest BCUT2D eigenvalue weighted by atomic mass is 32.2. The van der Waals surface area contributed by atoms with Gasteiger partial charge in [-0.1, -0.05) is 6.92 Å². The van der Waals surface area contributed by atoms with Gasteiger partial charge < -0.3 is 24.8 Å². The maximum absolute atomic E-state index is 13.8. The van der Waals surface area contributed by atoms with Crippen LogP contribution in [0.25, 0.3) is 0 Å². The number of nitrogens with zero attached hydrogens (tertiary/aromatic N) is 2. The number of esters is 1. The number of ether oxygens (including phenoxy) is 2. The molecule has 3 unspecified atom stereocenters. The topological polar surface area (TPSA) is 108 Å². The van der Waals surface area contributed by atoms with Crippen molar-refractivity contribution in [1.82, 2.24) is 15.1 Å². The van der Waals surface area contributed by atoms with Gasteiger partial charge in [0.2, 0.25) is 11.8 Å². The fraction of sp³-hybridized carbons (Fsp3) is 0.875. The number of hydrogen-bond donors (Lipinski definition) is 2. The summed E-state index contributed by atoms with van der Waals surface area (Å²) >= 11 is 1.68. The van der Waals surface area contributed by atoms with Gasteiger partial charge in [-0.3, -0.25) is 19.3 Å². The van der Waals surface area contributed by atoms with Crippen molar-refractivity contribution in [3.63, 3.8) is 0 Å². The molecule has 0 saturated carbocycles. The average Bonchev–Trinajstić information content (AvgIpc) is 3.41. The molecule has 192 valence electrons. The highest BCUT2D eigenvalue weighted by molar-refractivity contribution is 8.02. The number of nitrogens with one attached hydrogen (secondary N) is 1. The Kier molecular flexibility index (Phi) is 8.43.